The van der Waals surface area contributed by atoms with Gasteiger partial charge >= 0.3 is 0 Å². The molecule has 3 aromatic rings. The summed E-state index contributed by atoms with van der Waals surface area (Å²) < 4.78 is 5.51. The molecule has 3 aromatic carbocycles. The average molecular weight is 425 g/mol. The normalized spacial score (nSPS) is 10.7. The van der Waals surface area contributed by atoms with E-state index >= 15 is 0 Å². The number of amides is 2. The molecular formula is C26H23N3O3. The average Bonchev–Trinajstić information content (AvgIpc) is 2.80. The van der Waals surface area contributed by atoms with Gasteiger partial charge in [-0.3, -0.25) is 9.59 Å². The van der Waals surface area contributed by atoms with Crippen molar-refractivity contribution in [3.63, 3.8) is 0 Å². The summed E-state index contributed by atoms with van der Waals surface area (Å²) in [6.07, 6.45) is 1.50. The molecule has 3 rings (SSSR count). The van der Waals surface area contributed by atoms with Crippen LogP contribution in [0.3, 0.4) is 0 Å². The highest BCUT2D eigenvalue weighted by molar-refractivity contribution is 6.09. The van der Waals surface area contributed by atoms with Crippen LogP contribution in [0.5, 0.6) is 5.75 Å². The van der Waals surface area contributed by atoms with Gasteiger partial charge in [0.25, 0.3) is 11.8 Å². The third kappa shape index (κ3) is 6.57. The van der Waals surface area contributed by atoms with Crippen molar-refractivity contribution in [3.8, 4) is 11.8 Å². The van der Waals surface area contributed by atoms with Crippen molar-refractivity contribution in [2.45, 2.75) is 13.8 Å². The molecule has 0 saturated carbocycles. The van der Waals surface area contributed by atoms with Crippen LogP contribution in [0.25, 0.3) is 6.08 Å². The number of carbonyl (C=O) groups is 2. The molecule has 0 aromatic heterocycles. The molecule has 0 aliphatic carbocycles. The van der Waals surface area contributed by atoms with Crippen molar-refractivity contribution in [3.05, 3.63) is 95.1 Å². The molecule has 0 radical (unpaired) electrons. The molecule has 0 aliphatic rings. The number of aryl methyl sites for hydroxylation is 2. The number of nitrogens with zero attached hydrogens (tertiary/aromatic N) is 1. The second-order valence-corrected chi connectivity index (χ2v) is 7.26. The van der Waals surface area contributed by atoms with Crippen molar-refractivity contribution in [1.82, 2.24) is 0 Å². The maximum atomic E-state index is 12.4. The van der Waals surface area contributed by atoms with Crippen molar-refractivity contribution in [2.75, 3.05) is 17.2 Å². The summed E-state index contributed by atoms with van der Waals surface area (Å²) in [6.45, 7) is 3.80. The highest BCUT2D eigenvalue weighted by Crippen LogP contribution is 2.16. The quantitative estimate of drug-likeness (QED) is 0.417. The lowest BCUT2D eigenvalue weighted by Crippen LogP contribution is -2.20. The van der Waals surface area contributed by atoms with Crippen LogP contribution in [0.2, 0.25) is 0 Å². The van der Waals surface area contributed by atoms with E-state index in [1.54, 1.807) is 36.4 Å². The predicted molar refractivity (Wildman–Crippen MR) is 125 cm³/mol. The lowest BCUT2D eigenvalue weighted by molar-refractivity contribution is -0.118. The maximum absolute atomic E-state index is 12.4. The van der Waals surface area contributed by atoms with Gasteiger partial charge in [-0.25, -0.2) is 0 Å². The highest BCUT2D eigenvalue weighted by atomic mass is 16.5. The summed E-state index contributed by atoms with van der Waals surface area (Å²) in [5.41, 5.74) is 4.16. The first kappa shape index (κ1) is 22.3. The summed E-state index contributed by atoms with van der Waals surface area (Å²) >= 11 is 0. The van der Waals surface area contributed by atoms with Gasteiger partial charge in [-0.2, -0.15) is 5.26 Å². The number of anilines is 2. The number of carbonyl (C=O) groups excluding carboxylic acids is 2. The van der Waals surface area contributed by atoms with Crippen LogP contribution in [0.1, 0.15) is 16.7 Å². The lowest BCUT2D eigenvalue weighted by Gasteiger charge is -2.08. The van der Waals surface area contributed by atoms with Crippen LogP contribution in [0.4, 0.5) is 11.4 Å². The van der Waals surface area contributed by atoms with Crippen molar-refractivity contribution >= 4 is 29.3 Å². The van der Waals surface area contributed by atoms with Crippen molar-refractivity contribution < 1.29 is 14.3 Å². The van der Waals surface area contributed by atoms with Crippen LogP contribution in [0, 0.1) is 25.2 Å². The molecule has 160 valence electrons. The molecule has 0 unspecified atom stereocenters. The zero-order valence-electron chi connectivity index (χ0n) is 17.9. The fourth-order valence-electron chi connectivity index (χ4n) is 2.79. The fraction of sp³-hybridized carbons (Fsp3) is 0.115. The van der Waals surface area contributed by atoms with Gasteiger partial charge in [0.1, 0.15) is 17.4 Å². The molecule has 0 bridgehead atoms. The zero-order valence-corrected chi connectivity index (χ0v) is 17.9. The van der Waals surface area contributed by atoms with Crippen LogP contribution in [0.15, 0.2) is 78.4 Å². The molecule has 0 fully saturated rings. The van der Waals surface area contributed by atoms with E-state index < -0.39 is 5.91 Å². The largest absolute Gasteiger partial charge is 0.484 e. The summed E-state index contributed by atoms with van der Waals surface area (Å²) in [4.78, 5) is 24.4. The van der Waals surface area contributed by atoms with Crippen LogP contribution in [-0.4, -0.2) is 18.4 Å². The summed E-state index contributed by atoms with van der Waals surface area (Å²) in [6, 6.07) is 23.5. The number of rotatable bonds is 7. The number of hydrogen-bond acceptors (Lipinski definition) is 4. The standard InChI is InChI=1S/C26H23N3O3/c1-18-3-9-22(10-4-18)28-25(30)17-32-24-13-7-20(8-14-24)15-21(16-27)26(31)29-23-11-5-19(2)6-12-23/h3-15H,17H2,1-2H3,(H,28,30)(H,29,31)/b21-15-. The molecular weight excluding hydrogens is 402 g/mol. The number of benzene rings is 3. The molecule has 6 nitrogen and oxygen atoms in total. The van der Waals surface area contributed by atoms with E-state index in [1.807, 2.05) is 56.3 Å². The monoisotopic (exact) mass is 425 g/mol. The SMILES string of the molecule is Cc1ccc(NC(=O)COc2ccc(/C=C(/C#N)C(=O)Nc3ccc(C)cc3)cc2)cc1. The minimum atomic E-state index is -0.482. The van der Waals surface area contributed by atoms with Crippen LogP contribution in [-0.2, 0) is 9.59 Å². The summed E-state index contributed by atoms with van der Waals surface area (Å²) in [5.74, 6) is -0.245. The van der Waals surface area contributed by atoms with Crippen molar-refractivity contribution in [2.24, 2.45) is 0 Å². The summed E-state index contributed by atoms with van der Waals surface area (Å²) in [5, 5.41) is 14.8. The molecule has 0 spiro atoms. The van der Waals surface area contributed by atoms with E-state index in [0.717, 1.165) is 11.1 Å². The molecule has 2 amide bonds. The van der Waals surface area contributed by atoms with Gasteiger partial charge in [-0.05, 0) is 61.9 Å². The van der Waals surface area contributed by atoms with Gasteiger partial charge in [0.05, 0.1) is 0 Å². The molecule has 0 atom stereocenters. The lowest BCUT2D eigenvalue weighted by atomic mass is 10.1. The smallest absolute Gasteiger partial charge is 0.266 e. The third-order valence-electron chi connectivity index (χ3n) is 4.57. The Morgan fingerprint density at radius 1 is 0.844 bits per heavy atom. The van der Waals surface area contributed by atoms with E-state index in [-0.39, 0.29) is 18.1 Å². The maximum Gasteiger partial charge on any atom is 0.266 e. The van der Waals surface area contributed by atoms with E-state index in [9.17, 15) is 14.9 Å². The molecule has 0 aliphatic heterocycles. The second kappa shape index (κ2) is 10.6. The summed E-state index contributed by atoms with van der Waals surface area (Å²) in [7, 11) is 0. The van der Waals surface area contributed by atoms with E-state index in [1.165, 1.54) is 6.08 Å². The van der Waals surface area contributed by atoms with Crippen molar-refractivity contribution in [1.29, 1.82) is 5.26 Å². The Balaban J connectivity index is 1.56. The Morgan fingerprint density at radius 3 is 1.91 bits per heavy atom. The topological polar surface area (TPSA) is 91.2 Å². The Hall–Kier alpha value is -4.37. The molecule has 32 heavy (non-hydrogen) atoms. The zero-order chi connectivity index (χ0) is 22.9. The van der Waals surface area contributed by atoms with E-state index in [4.69, 9.17) is 4.74 Å². The minimum Gasteiger partial charge on any atom is -0.484 e. The number of hydrogen-bond donors (Lipinski definition) is 2. The first-order chi connectivity index (χ1) is 15.4. The molecule has 0 heterocycles. The molecule has 0 saturated heterocycles. The predicted octanol–water partition coefficient (Wildman–Crippen LogP) is 4.87. The van der Waals surface area contributed by atoms with Crippen LogP contribution < -0.4 is 15.4 Å². The number of nitriles is 1. The third-order valence-corrected chi connectivity index (χ3v) is 4.57. The van der Waals surface area contributed by atoms with Crippen LogP contribution >= 0.6 is 0 Å². The Labute approximate surface area is 187 Å². The fourth-order valence-corrected chi connectivity index (χ4v) is 2.79. The highest BCUT2D eigenvalue weighted by Gasteiger charge is 2.10. The molecule has 6 heteroatoms. The Morgan fingerprint density at radius 2 is 1.38 bits per heavy atom. The van der Waals surface area contributed by atoms with Gasteiger partial charge in [0.15, 0.2) is 6.61 Å². The number of ether oxygens (including phenoxy) is 1. The van der Waals surface area contributed by atoms with Gasteiger partial charge in [-0.15, -0.1) is 0 Å². The Bertz CT molecular complexity index is 1160. The van der Waals surface area contributed by atoms with Gasteiger partial charge in [0, 0.05) is 11.4 Å². The Kier molecular flexibility index (Phi) is 7.39. The van der Waals surface area contributed by atoms with Gasteiger partial charge in [-0.1, -0.05) is 47.5 Å². The molecule has 2 N–H and O–H groups in total. The first-order valence-electron chi connectivity index (χ1n) is 10.0. The van der Waals surface area contributed by atoms with Gasteiger partial charge < -0.3 is 15.4 Å². The minimum absolute atomic E-state index is 0.0169. The second-order valence-electron chi connectivity index (χ2n) is 7.26. The van der Waals surface area contributed by atoms with E-state index in [0.29, 0.717) is 22.7 Å². The van der Waals surface area contributed by atoms with E-state index in [2.05, 4.69) is 10.6 Å². The van der Waals surface area contributed by atoms with Gasteiger partial charge in [0.2, 0.25) is 0 Å². The number of nitrogens with one attached hydrogen (secondary N) is 2. The first-order valence-corrected chi connectivity index (χ1v) is 10.0.